The first-order valence-electron chi connectivity index (χ1n) is 7.95. The number of nitrogens with zero attached hydrogens (tertiary/aromatic N) is 1. The van der Waals surface area contributed by atoms with Gasteiger partial charge in [0.1, 0.15) is 6.04 Å². The highest BCUT2D eigenvalue weighted by Crippen LogP contribution is 2.28. The van der Waals surface area contributed by atoms with Gasteiger partial charge in [0.2, 0.25) is 11.8 Å². The summed E-state index contributed by atoms with van der Waals surface area (Å²) in [6, 6.07) is 7.16. The molecule has 1 N–H and O–H groups in total. The fourth-order valence-corrected chi connectivity index (χ4v) is 3.11. The van der Waals surface area contributed by atoms with E-state index in [0.29, 0.717) is 19.6 Å². The molecule has 0 radical (unpaired) electrons. The maximum absolute atomic E-state index is 12.3. The smallest absolute Gasteiger partial charge is 0.328 e. The predicted octanol–water partition coefficient (Wildman–Crippen LogP) is 1.03. The van der Waals surface area contributed by atoms with E-state index in [1.807, 2.05) is 31.2 Å². The van der Waals surface area contributed by atoms with Crippen LogP contribution in [-0.4, -0.2) is 37.0 Å². The molecule has 2 amide bonds. The van der Waals surface area contributed by atoms with Crippen LogP contribution < -0.4 is 10.2 Å². The third-order valence-corrected chi connectivity index (χ3v) is 4.41. The van der Waals surface area contributed by atoms with Crippen LogP contribution in [0.1, 0.15) is 25.3 Å². The minimum absolute atomic E-state index is 0.0555. The Morgan fingerprint density at radius 1 is 1.35 bits per heavy atom. The third kappa shape index (κ3) is 3.06. The van der Waals surface area contributed by atoms with Gasteiger partial charge in [0, 0.05) is 25.1 Å². The van der Waals surface area contributed by atoms with E-state index in [-0.39, 0.29) is 18.2 Å². The summed E-state index contributed by atoms with van der Waals surface area (Å²) in [6.07, 6.45) is 1.49. The van der Waals surface area contributed by atoms with Crippen molar-refractivity contribution in [3.05, 3.63) is 29.8 Å². The number of amides is 2. The molecule has 0 bridgehead atoms. The van der Waals surface area contributed by atoms with Crippen LogP contribution in [0.15, 0.2) is 24.3 Å². The van der Waals surface area contributed by atoms with Gasteiger partial charge in [0.25, 0.3) is 0 Å². The number of esters is 1. The van der Waals surface area contributed by atoms with Crippen molar-refractivity contribution in [1.29, 1.82) is 0 Å². The Hall–Kier alpha value is -2.37. The molecule has 1 unspecified atom stereocenters. The van der Waals surface area contributed by atoms with Crippen LogP contribution in [0.4, 0.5) is 5.69 Å². The number of nitrogens with one attached hydrogen (secondary N) is 1. The highest BCUT2D eigenvalue weighted by molar-refractivity contribution is 6.01. The predicted molar refractivity (Wildman–Crippen MR) is 83.8 cm³/mol. The van der Waals surface area contributed by atoms with Gasteiger partial charge < -0.3 is 15.0 Å². The Labute approximate surface area is 134 Å². The van der Waals surface area contributed by atoms with Crippen LogP contribution in [0.5, 0.6) is 0 Å². The lowest BCUT2D eigenvalue weighted by molar-refractivity contribution is -0.141. The average Bonchev–Trinajstić information content (AvgIpc) is 3.13. The van der Waals surface area contributed by atoms with Gasteiger partial charge in [-0.05, 0) is 18.1 Å². The van der Waals surface area contributed by atoms with Gasteiger partial charge in [0.15, 0.2) is 0 Å². The Bertz CT molecular complexity index is 643. The topological polar surface area (TPSA) is 75.7 Å². The lowest BCUT2D eigenvalue weighted by Crippen LogP contribution is -2.42. The normalized spacial score (nSPS) is 24.0. The van der Waals surface area contributed by atoms with Crippen molar-refractivity contribution in [3.63, 3.8) is 0 Å². The molecule has 2 aliphatic heterocycles. The highest BCUT2D eigenvalue weighted by atomic mass is 16.5. The van der Waals surface area contributed by atoms with E-state index in [0.717, 1.165) is 17.7 Å². The quantitative estimate of drug-likeness (QED) is 0.842. The van der Waals surface area contributed by atoms with Crippen molar-refractivity contribution in [2.24, 2.45) is 5.92 Å². The molecule has 6 nitrogen and oxygen atoms in total. The molecule has 1 aromatic carbocycles. The number of para-hydroxylation sites is 1. The Morgan fingerprint density at radius 3 is 2.83 bits per heavy atom. The minimum Gasteiger partial charge on any atom is -0.464 e. The van der Waals surface area contributed by atoms with Crippen molar-refractivity contribution in [3.8, 4) is 0 Å². The second kappa shape index (κ2) is 6.40. The van der Waals surface area contributed by atoms with E-state index in [2.05, 4.69) is 5.32 Å². The van der Waals surface area contributed by atoms with Gasteiger partial charge >= 0.3 is 5.97 Å². The van der Waals surface area contributed by atoms with Crippen LogP contribution in [0, 0.1) is 5.92 Å². The zero-order chi connectivity index (χ0) is 16.4. The molecular weight excluding hydrogens is 296 g/mol. The number of benzene rings is 1. The molecule has 3 rings (SSSR count). The Balaban J connectivity index is 1.69. The molecule has 2 atom stereocenters. The van der Waals surface area contributed by atoms with Crippen LogP contribution in [-0.2, 0) is 25.5 Å². The highest BCUT2D eigenvalue weighted by Gasteiger charge is 2.38. The first-order chi connectivity index (χ1) is 11.1. The van der Waals surface area contributed by atoms with Crippen molar-refractivity contribution >= 4 is 23.5 Å². The number of hydrogen-bond acceptors (Lipinski definition) is 4. The first kappa shape index (κ1) is 15.5. The zero-order valence-electron chi connectivity index (χ0n) is 13.1. The summed E-state index contributed by atoms with van der Waals surface area (Å²) < 4.78 is 4.84. The fourth-order valence-electron chi connectivity index (χ4n) is 3.11. The molecule has 1 aromatic rings. The molecule has 23 heavy (non-hydrogen) atoms. The second-order valence-electron chi connectivity index (χ2n) is 5.91. The Morgan fingerprint density at radius 2 is 2.13 bits per heavy atom. The number of anilines is 1. The van der Waals surface area contributed by atoms with Gasteiger partial charge in [0.05, 0.1) is 12.5 Å². The molecule has 2 fully saturated rings. The van der Waals surface area contributed by atoms with Crippen molar-refractivity contribution < 1.29 is 19.1 Å². The molecule has 122 valence electrons. The van der Waals surface area contributed by atoms with Crippen molar-refractivity contribution in [2.45, 2.75) is 32.2 Å². The molecule has 2 heterocycles. The second-order valence-corrected chi connectivity index (χ2v) is 5.91. The van der Waals surface area contributed by atoms with E-state index in [4.69, 9.17) is 4.74 Å². The van der Waals surface area contributed by atoms with Gasteiger partial charge in [-0.1, -0.05) is 25.1 Å². The van der Waals surface area contributed by atoms with Gasteiger partial charge in [-0.25, -0.2) is 4.79 Å². The number of hydrogen-bond donors (Lipinski definition) is 1. The van der Waals surface area contributed by atoms with Crippen LogP contribution in [0.25, 0.3) is 0 Å². The molecule has 0 aromatic heterocycles. The maximum atomic E-state index is 12.3. The zero-order valence-corrected chi connectivity index (χ0v) is 13.1. The average molecular weight is 316 g/mol. The summed E-state index contributed by atoms with van der Waals surface area (Å²) in [5.74, 6) is -1.13. The largest absolute Gasteiger partial charge is 0.464 e. The monoisotopic (exact) mass is 316 g/mol. The van der Waals surface area contributed by atoms with Crippen LogP contribution in [0.2, 0.25) is 0 Å². The minimum atomic E-state index is -0.574. The van der Waals surface area contributed by atoms with E-state index in [1.165, 1.54) is 0 Å². The summed E-state index contributed by atoms with van der Waals surface area (Å²) in [7, 11) is 0. The summed E-state index contributed by atoms with van der Waals surface area (Å²) in [5, 5.41) is 2.70. The molecule has 0 aliphatic carbocycles. The fraction of sp³-hybridized carbons (Fsp3) is 0.471. The van der Waals surface area contributed by atoms with E-state index < -0.39 is 17.9 Å². The summed E-state index contributed by atoms with van der Waals surface area (Å²) in [5.41, 5.74) is 1.96. The lowest BCUT2D eigenvalue weighted by atomic mass is 10.1. The number of rotatable bonds is 4. The van der Waals surface area contributed by atoms with Crippen molar-refractivity contribution in [1.82, 2.24) is 5.32 Å². The summed E-state index contributed by atoms with van der Waals surface area (Å²) in [4.78, 5) is 37.8. The number of carbonyl (C=O) groups is 3. The van der Waals surface area contributed by atoms with Gasteiger partial charge in [-0.2, -0.15) is 0 Å². The number of aryl methyl sites for hydroxylation is 1. The van der Waals surface area contributed by atoms with Crippen LogP contribution in [0.3, 0.4) is 0 Å². The van der Waals surface area contributed by atoms with Gasteiger partial charge in [-0.15, -0.1) is 0 Å². The number of cyclic esters (lactones) is 1. The van der Waals surface area contributed by atoms with E-state index in [9.17, 15) is 14.4 Å². The van der Waals surface area contributed by atoms with Gasteiger partial charge in [-0.3, -0.25) is 9.59 Å². The number of ether oxygens (including phenoxy) is 1. The molecule has 0 saturated carbocycles. The molecule has 6 heteroatoms. The molecule has 0 spiro atoms. The maximum Gasteiger partial charge on any atom is 0.328 e. The first-order valence-corrected chi connectivity index (χ1v) is 7.95. The Kier molecular flexibility index (Phi) is 4.32. The molecule has 2 aliphatic rings. The molecule has 2 saturated heterocycles. The van der Waals surface area contributed by atoms with E-state index in [1.54, 1.807) is 4.90 Å². The molecular formula is C17H20N2O4. The summed E-state index contributed by atoms with van der Waals surface area (Å²) >= 11 is 0. The standard InChI is InChI=1S/C17H20N2O4/c1-2-11-5-3-4-6-14(11)19-10-12(9-15(19)20)16(21)18-13-7-8-23-17(13)22/h3-6,12-13H,2,7-10H2,1H3,(H,18,21)/t12?,13-/m0/s1. The van der Waals surface area contributed by atoms with E-state index >= 15 is 0 Å². The SMILES string of the molecule is CCc1ccccc1N1CC(C(=O)N[C@H]2CCOC2=O)CC1=O. The lowest BCUT2D eigenvalue weighted by Gasteiger charge is -2.20. The van der Waals surface area contributed by atoms with Crippen molar-refractivity contribution in [2.75, 3.05) is 18.1 Å². The van der Waals surface area contributed by atoms with Crippen LogP contribution >= 0.6 is 0 Å². The summed E-state index contributed by atoms with van der Waals surface area (Å²) in [6.45, 7) is 2.72. The number of carbonyl (C=O) groups excluding carboxylic acids is 3. The third-order valence-electron chi connectivity index (χ3n) is 4.41.